The number of ketones is 1. The van der Waals surface area contributed by atoms with Crippen LogP contribution in [0.4, 0.5) is 0 Å². The zero-order chi connectivity index (χ0) is 23.7. The molecule has 31 heavy (non-hydrogen) atoms. The van der Waals surface area contributed by atoms with E-state index < -0.39 is 8.38 Å². The molecule has 0 saturated carbocycles. The minimum atomic E-state index is -1.02. The van der Waals surface area contributed by atoms with Crippen molar-refractivity contribution < 1.29 is 18.6 Å². The topological polar surface area (TPSA) is 44.8 Å². The lowest BCUT2D eigenvalue weighted by atomic mass is 9.78. The first-order chi connectivity index (χ1) is 14.4. The zero-order valence-electron chi connectivity index (χ0n) is 21.4. The normalized spacial score (nSPS) is 13.3. The second-order valence-electron chi connectivity index (χ2n) is 10.5. The zero-order valence-corrected chi connectivity index (χ0v) is 22.3. The van der Waals surface area contributed by atoms with Crippen LogP contribution in [0.15, 0.2) is 12.1 Å². The molecule has 0 saturated heterocycles. The van der Waals surface area contributed by atoms with Crippen LogP contribution in [0.5, 0.6) is 5.75 Å². The molecule has 0 N–H and O–H groups in total. The van der Waals surface area contributed by atoms with Crippen molar-refractivity contribution in [2.24, 2.45) is 0 Å². The van der Waals surface area contributed by atoms with Crippen LogP contribution in [0, 0.1) is 0 Å². The summed E-state index contributed by atoms with van der Waals surface area (Å²) >= 11 is 0. The Morgan fingerprint density at radius 1 is 0.903 bits per heavy atom. The Balaban J connectivity index is 3.01. The number of rotatable bonds is 13. The molecule has 0 heterocycles. The van der Waals surface area contributed by atoms with Crippen LogP contribution in [-0.2, 0) is 31.3 Å². The molecule has 0 aliphatic carbocycles. The van der Waals surface area contributed by atoms with Gasteiger partial charge in [-0.3, -0.25) is 0 Å². The van der Waals surface area contributed by atoms with E-state index >= 15 is 0 Å². The van der Waals surface area contributed by atoms with Gasteiger partial charge in [0.2, 0.25) is 8.38 Å². The second kappa shape index (κ2) is 12.9. The van der Waals surface area contributed by atoms with Gasteiger partial charge in [0, 0.05) is 37.9 Å². The largest absolute Gasteiger partial charge is 0.447 e. The number of methoxy groups -OCH3 is 1. The SMILES string of the molecule is COCCCCCCOP(C)Oc1c(C(C)(C)C)cc(CCC(C)=O)cc1C(C)(C)C. The lowest BCUT2D eigenvalue weighted by molar-refractivity contribution is -0.116. The highest BCUT2D eigenvalue weighted by atomic mass is 31.2. The average Bonchev–Trinajstić information content (AvgIpc) is 2.64. The Labute approximate surface area is 192 Å². The minimum Gasteiger partial charge on any atom is -0.447 e. The number of aryl methyl sites for hydroxylation is 1. The van der Waals surface area contributed by atoms with Crippen LogP contribution in [0.2, 0.25) is 0 Å². The smallest absolute Gasteiger partial charge is 0.226 e. The summed E-state index contributed by atoms with van der Waals surface area (Å²) in [6.07, 6.45) is 5.81. The molecule has 0 fully saturated rings. The highest BCUT2D eigenvalue weighted by Gasteiger charge is 2.29. The van der Waals surface area contributed by atoms with Crippen LogP contribution >= 0.6 is 8.38 Å². The third-order valence-corrected chi connectivity index (χ3v) is 6.25. The number of Topliss-reactive ketones (excluding diaryl/α,β-unsaturated/α-hetero) is 1. The predicted octanol–water partition coefficient (Wildman–Crippen LogP) is 7.35. The number of hydrogen-bond acceptors (Lipinski definition) is 4. The van der Waals surface area contributed by atoms with Crippen molar-refractivity contribution in [3.8, 4) is 5.75 Å². The first-order valence-corrected chi connectivity index (χ1v) is 13.2. The molecule has 1 aromatic carbocycles. The first kappa shape index (κ1) is 28.1. The fourth-order valence-corrected chi connectivity index (χ4v) is 4.31. The molecule has 0 bridgehead atoms. The molecule has 0 amide bonds. The van der Waals surface area contributed by atoms with Gasteiger partial charge in [-0.15, -0.1) is 0 Å². The summed E-state index contributed by atoms with van der Waals surface area (Å²) in [5.74, 6) is 1.18. The maximum Gasteiger partial charge on any atom is 0.226 e. The Kier molecular flexibility index (Phi) is 11.7. The minimum absolute atomic E-state index is 0.0703. The molecule has 0 radical (unpaired) electrons. The van der Waals surface area contributed by atoms with E-state index in [0.29, 0.717) is 6.42 Å². The van der Waals surface area contributed by atoms with Gasteiger partial charge < -0.3 is 18.6 Å². The second-order valence-corrected chi connectivity index (χ2v) is 11.8. The number of carbonyl (C=O) groups excluding carboxylic acids is 1. The van der Waals surface area contributed by atoms with Crippen LogP contribution < -0.4 is 4.52 Å². The van der Waals surface area contributed by atoms with Crippen molar-refractivity contribution in [1.29, 1.82) is 0 Å². The summed E-state index contributed by atoms with van der Waals surface area (Å²) in [6.45, 7) is 18.6. The highest BCUT2D eigenvalue weighted by molar-refractivity contribution is 7.46. The quantitative estimate of drug-likeness (QED) is 0.232. The van der Waals surface area contributed by atoms with E-state index in [1.807, 2.05) is 6.66 Å². The molecule has 1 aromatic rings. The monoisotopic (exact) mass is 452 g/mol. The fraction of sp³-hybridized carbons (Fsp3) is 0.731. The molecular formula is C26H45O4P. The molecule has 4 nitrogen and oxygen atoms in total. The summed E-state index contributed by atoms with van der Waals surface area (Å²) in [6, 6.07) is 4.46. The van der Waals surface area contributed by atoms with Gasteiger partial charge in [-0.2, -0.15) is 0 Å². The molecule has 5 heteroatoms. The summed E-state index contributed by atoms with van der Waals surface area (Å²) in [5, 5.41) is 0. The molecule has 0 aliphatic rings. The molecule has 0 spiro atoms. The van der Waals surface area contributed by atoms with E-state index in [4.69, 9.17) is 13.8 Å². The van der Waals surface area contributed by atoms with Crippen LogP contribution in [0.3, 0.4) is 0 Å². The van der Waals surface area contributed by atoms with Crippen molar-refractivity contribution in [1.82, 2.24) is 0 Å². The number of benzene rings is 1. The van der Waals surface area contributed by atoms with E-state index in [9.17, 15) is 4.79 Å². The predicted molar refractivity (Wildman–Crippen MR) is 133 cm³/mol. The van der Waals surface area contributed by atoms with E-state index in [-0.39, 0.29) is 16.6 Å². The van der Waals surface area contributed by atoms with Gasteiger partial charge in [0.05, 0.1) is 6.61 Å². The number of ether oxygens (including phenoxy) is 1. The van der Waals surface area contributed by atoms with Crippen molar-refractivity contribution in [3.05, 3.63) is 28.8 Å². The van der Waals surface area contributed by atoms with Crippen molar-refractivity contribution in [2.75, 3.05) is 27.0 Å². The van der Waals surface area contributed by atoms with E-state index in [1.165, 1.54) is 23.1 Å². The molecule has 1 atom stereocenters. The molecule has 1 unspecified atom stereocenters. The van der Waals surface area contributed by atoms with Gasteiger partial charge >= 0.3 is 0 Å². The summed E-state index contributed by atoms with van der Waals surface area (Å²) in [5.41, 5.74) is 3.44. The van der Waals surface area contributed by atoms with E-state index in [1.54, 1.807) is 14.0 Å². The molecule has 1 rings (SSSR count). The third kappa shape index (κ3) is 10.5. The van der Waals surface area contributed by atoms with Gasteiger partial charge in [-0.25, -0.2) is 0 Å². The highest BCUT2D eigenvalue weighted by Crippen LogP contribution is 2.46. The van der Waals surface area contributed by atoms with Crippen molar-refractivity contribution in [3.63, 3.8) is 0 Å². The molecule has 178 valence electrons. The van der Waals surface area contributed by atoms with Gasteiger partial charge in [0.25, 0.3) is 0 Å². The number of carbonyl (C=O) groups is 1. The van der Waals surface area contributed by atoms with Gasteiger partial charge in [-0.05, 0) is 42.6 Å². The maximum atomic E-state index is 11.5. The molecule has 0 aliphatic heterocycles. The Morgan fingerprint density at radius 3 is 1.87 bits per heavy atom. The summed E-state index contributed by atoms with van der Waals surface area (Å²) in [7, 11) is 0.731. The number of unbranched alkanes of at least 4 members (excludes halogenated alkanes) is 3. The fourth-order valence-electron chi connectivity index (χ4n) is 3.42. The van der Waals surface area contributed by atoms with Crippen LogP contribution in [0.1, 0.15) is 97.3 Å². The molecular weight excluding hydrogens is 407 g/mol. The number of hydrogen-bond donors (Lipinski definition) is 0. The molecule has 0 aromatic heterocycles. The van der Waals surface area contributed by atoms with Crippen LogP contribution in [-0.4, -0.2) is 32.8 Å². The van der Waals surface area contributed by atoms with E-state index in [0.717, 1.165) is 44.6 Å². The van der Waals surface area contributed by atoms with E-state index in [2.05, 4.69) is 53.7 Å². The summed E-state index contributed by atoms with van der Waals surface area (Å²) < 4.78 is 17.7. The van der Waals surface area contributed by atoms with Crippen molar-refractivity contribution >= 4 is 14.2 Å². The van der Waals surface area contributed by atoms with Crippen LogP contribution in [0.25, 0.3) is 0 Å². The van der Waals surface area contributed by atoms with Gasteiger partial charge in [0.1, 0.15) is 11.5 Å². The Morgan fingerprint density at radius 2 is 1.42 bits per heavy atom. The summed E-state index contributed by atoms with van der Waals surface area (Å²) in [4.78, 5) is 11.5. The Hall–Kier alpha value is -0.960. The first-order valence-electron chi connectivity index (χ1n) is 11.6. The maximum absolute atomic E-state index is 11.5. The van der Waals surface area contributed by atoms with Gasteiger partial charge in [-0.1, -0.05) is 66.5 Å². The third-order valence-electron chi connectivity index (χ3n) is 5.27. The lowest BCUT2D eigenvalue weighted by Gasteiger charge is -2.31. The van der Waals surface area contributed by atoms with Crippen molar-refractivity contribution in [2.45, 2.75) is 97.8 Å². The average molecular weight is 453 g/mol. The van der Waals surface area contributed by atoms with Gasteiger partial charge in [0.15, 0.2) is 0 Å². The standard InChI is InChI=1S/C26H45O4P/c1-20(27)14-15-21-18-22(25(2,3)4)24(23(19-21)26(5,6)7)30-31(9)29-17-13-11-10-12-16-28-8/h18-19H,10-17H2,1-9H3. The lowest BCUT2D eigenvalue weighted by Crippen LogP contribution is -2.20. The Bertz CT molecular complexity index is 651.